The van der Waals surface area contributed by atoms with E-state index in [2.05, 4.69) is 17.2 Å². The Morgan fingerprint density at radius 2 is 2.37 bits per heavy atom. The molecular formula is C14H20ClN3O. The summed E-state index contributed by atoms with van der Waals surface area (Å²) in [6.07, 6.45) is 3.43. The molecule has 5 heteroatoms. The number of amides is 1. The maximum atomic E-state index is 12.5. The number of nitrogens with one attached hydrogen (secondary N) is 1. The third-order valence-corrected chi connectivity index (χ3v) is 3.87. The largest absolute Gasteiger partial charge is 0.373 e. The molecule has 1 aromatic heterocycles. The number of nitrogens with zero attached hydrogens (tertiary/aromatic N) is 2. The van der Waals surface area contributed by atoms with Gasteiger partial charge in [0.15, 0.2) is 0 Å². The van der Waals surface area contributed by atoms with Crippen molar-refractivity contribution in [2.75, 3.05) is 25.5 Å². The molecule has 1 amide bonds. The average molecular weight is 282 g/mol. The number of carbonyl (C=O) groups excluding carboxylic acids is 1. The minimum absolute atomic E-state index is 0.0546. The Labute approximate surface area is 119 Å². The van der Waals surface area contributed by atoms with Gasteiger partial charge in [-0.3, -0.25) is 4.79 Å². The molecule has 2 rings (SSSR count). The van der Waals surface area contributed by atoms with E-state index in [4.69, 9.17) is 11.6 Å². The van der Waals surface area contributed by atoms with Crippen LogP contribution in [0, 0.1) is 5.92 Å². The second-order valence-corrected chi connectivity index (χ2v) is 5.37. The van der Waals surface area contributed by atoms with Crippen LogP contribution >= 0.6 is 11.6 Å². The lowest BCUT2D eigenvalue weighted by Gasteiger charge is -2.32. The van der Waals surface area contributed by atoms with Crippen LogP contribution in [-0.2, 0) is 0 Å². The molecule has 1 unspecified atom stereocenters. The van der Waals surface area contributed by atoms with Crippen LogP contribution in [-0.4, -0.2) is 35.9 Å². The molecule has 0 aliphatic carbocycles. The van der Waals surface area contributed by atoms with Gasteiger partial charge in [-0.15, -0.1) is 0 Å². The third-order valence-electron chi connectivity index (χ3n) is 3.68. The summed E-state index contributed by atoms with van der Waals surface area (Å²) < 4.78 is 0. The van der Waals surface area contributed by atoms with E-state index in [1.54, 1.807) is 19.2 Å². The lowest BCUT2D eigenvalue weighted by Crippen LogP contribution is -2.39. The van der Waals surface area contributed by atoms with Crippen molar-refractivity contribution in [2.45, 2.75) is 26.2 Å². The Hall–Kier alpha value is -1.29. The number of hydrogen-bond acceptors (Lipinski definition) is 3. The summed E-state index contributed by atoms with van der Waals surface area (Å²) >= 11 is 5.95. The molecule has 0 aromatic carbocycles. The molecule has 1 N–H and O–H groups in total. The Morgan fingerprint density at radius 1 is 1.58 bits per heavy atom. The second kappa shape index (κ2) is 6.24. The molecule has 104 valence electrons. The third kappa shape index (κ3) is 3.38. The van der Waals surface area contributed by atoms with E-state index in [9.17, 15) is 4.79 Å². The fraction of sp³-hybridized carbons (Fsp3) is 0.571. The van der Waals surface area contributed by atoms with Gasteiger partial charge >= 0.3 is 0 Å². The Kier molecular flexibility index (Phi) is 4.64. The van der Waals surface area contributed by atoms with Gasteiger partial charge in [-0.1, -0.05) is 24.9 Å². The van der Waals surface area contributed by atoms with Crippen molar-refractivity contribution in [3.63, 3.8) is 0 Å². The summed E-state index contributed by atoms with van der Waals surface area (Å²) in [6.45, 7) is 3.87. The molecule has 0 bridgehead atoms. The molecular weight excluding hydrogens is 262 g/mol. The van der Waals surface area contributed by atoms with E-state index >= 15 is 0 Å². The number of piperidine rings is 1. The van der Waals surface area contributed by atoms with Crippen molar-refractivity contribution in [3.8, 4) is 0 Å². The topological polar surface area (TPSA) is 45.2 Å². The van der Waals surface area contributed by atoms with Gasteiger partial charge in [-0.2, -0.15) is 0 Å². The lowest BCUT2D eigenvalue weighted by atomic mass is 9.95. The predicted molar refractivity (Wildman–Crippen MR) is 77.7 cm³/mol. The highest BCUT2D eigenvalue weighted by Crippen LogP contribution is 2.22. The molecule has 0 radical (unpaired) electrons. The SMILES string of the molecule is CCC1CCCN(C(=O)c2cc(Cl)nc(NC)c2)C1. The maximum Gasteiger partial charge on any atom is 0.254 e. The zero-order valence-corrected chi connectivity index (χ0v) is 12.2. The molecule has 1 aliphatic rings. The number of rotatable bonds is 3. The molecule has 1 aromatic rings. The number of hydrogen-bond donors (Lipinski definition) is 1. The fourth-order valence-electron chi connectivity index (χ4n) is 2.51. The Bertz CT molecular complexity index is 464. The fourth-order valence-corrected chi connectivity index (χ4v) is 2.72. The van der Waals surface area contributed by atoms with Gasteiger partial charge in [-0.05, 0) is 30.9 Å². The van der Waals surface area contributed by atoms with Crippen molar-refractivity contribution in [3.05, 3.63) is 22.8 Å². The van der Waals surface area contributed by atoms with Crippen molar-refractivity contribution in [1.29, 1.82) is 0 Å². The molecule has 1 atom stereocenters. The first-order valence-electron chi connectivity index (χ1n) is 6.78. The lowest BCUT2D eigenvalue weighted by molar-refractivity contribution is 0.0671. The first-order valence-corrected chi connectivity index (χ1v) is 7.16. The van der Waals surface area contributed by atoms with Gasteiger partial charge in [0.05, 0.1) is 0 Å². The van der Waals surface area contributed by atoms with Crippen LogP contribution in [0.1, 0.15) is 36.5 Å². The van der Waals surface area contributed by atoms with Crippen LogP contribution in [0.5, 0.6) is 0 Å². The monoisotopic (exact) mass is 281 g/mol. The zero-order chi connectivity index (χ0) is 13.8. The van der Waals surface area contributed by atoms with E-state index in [0.717, 1.165) is 25.9 Å². The summed E-state index contributed by atoms with van der Waals surface area (Å²) in [6, 6.07) is 3.39. The number of likely N-dealkylation sites (tertiary alicyclic amines) is 1. The van der Waals surface area contributed by atoms with Crippen LogP contribution in [0.4, 0.5) is 5.82 Å². The van der Waals surface area contributed by atoms with Crippen molar-refractivity contribution >= 4 is 23.3 Å². The molecule has 0 saturated carbocycles. The number of pyridine rings is 1. The first kappa shape index (κ1) is 14.1. The summed E-state index contributed by atoms with van der Waals surface area (Å²) in [5.41, 5.74) is 0.612. The molecule has 1 aliphatic heterocycles. The Morgan fingerprint density at radius 3 is 3.05 bits per heavy atom. The van der Waals surface area contributed by atoms with Crippen LogP contribution in [0.25, 0.3) is 0 Å². The summed E-state index contributed by atoms with van der Waals surface area (Å²) in [7, 11) is 1.76. The molecule has 2 heterocycles. The molecule has 1 fully saturated rings. The highest BCUT2D eigenvalue weighted by molar-refractivity contribution is 6.29. The summed E-state index contributed by atoms with van der Waals surface area (Å²) in [4.78, 5) is 18.5. The van der Waals surface area contributed by atoms with Crippen molar-refractivity contribution < 1.29 is 4.79 Å². The summed E-state index contributed by atoms with van der Waals surface area (Å²) in [5.74, 6) is 1.30. The molecule has 0 spiro atoms. The van der Waals surface area contributed by atoms with E-state index in [0.29, 0.717) is 22.5 Å². The van der Waals surface area contributed by atoms with Gasteiger partial charge in [0.25, 0.3) is 5.91 Å². The second-order valence-electron chi connectivity index (χ2n) is 4.98. The number of anilines is 1. The standard InChI is InChI=1S/C14H20ClN3O/c1-3-10-5-4-6-18(9-10)14(19)11-7-12(15)17-13(8-11)16-2/h7-8,10H,3-6,9H2,1-2H3,(H,16,17). The quantitative estimate of drug-likeness (QED) is 0.866. The highest BCUT2D eigenvalue weighted by atomic mass is 35.5. The summed E-state index contributed by atoms with van der Waals surface area (Å²) in [5, 5.41) is 3.27. The highest BCUT2D eigenvalue weighted by Gasteiger charge is 2.24. The van der Waals surface area contributed by atoms with Crippen molar-refractivity contribution in [1.82, 2.24) is 9.88 Å². The smallest absolute Gasteiger partial charge is 0.254 e. The van der Waals surface area contributed by atoms with Crippen LogP contribution in [0.2, 0.25) is 5.15 Å². The van der Waals surface area contributed by atoms with E-state index < -0.39 is 0 Å². The number of carbonyl (C=O) groups is 1. The van der Waals surface area contributed by atoms with E-state index in [-0.39, 0.29) is 5.91 Å². The van der Waals surface area contributed by atoms with E-state index in [1.807, 2.05) is 4.90 Å². The maximum absolute atomic E-state index is 12.5. The van der Waals surface area contributed by atoms with Crippen LogP contribution in [0.3, 0.4) is 0 Å². The molecule has 1 saturated heterocycles. The van der Waals surface area contributed by atoms with Crippen LogP contribution < -0.4 is 5.32 Å². The van der Waals surface area contributed by atoms with Gasteiger partial charge in [0.1, 0.15) is 11.0 Å². The number of aromatic nitrogens is 1. The van der Waals surface area contributed by atoms with Gasteiger partial charge < -0.3 is 10.2 Å². The minimum atomic E-state index is 0.0546. The Balaban J connectivity index is 2.16. The molecule has 19 heavy (non-hydrogen) atoms. The van der Waals surface area contributed by atoms with Gasteiger partial charge in [0.2, 0.25) is 0 Å². The molecule has 4 nitrogen and oxygen atoms in total. The first-order chi connectivity index (χ1) is 9.13. The normalized spacial score (nSPS) is 19.3. The minimum Gasteiger partial charge on any atom is -0.373 e. The predicted octanol–water partition coefficient (Wildman–Crippen LogP) is 3.04. The van der Waals surface area contributed by atoms with Gasteiger partial charge in [0, 0.05) is 25.7 Å². The number of halogens is 1. The van der Waals surface area contributed by atoms with Gasteiger partial charge in [-0.25, -0.2) is 4.98 Å². The van der Waals surface area contributed by atoms with Crippen LogP contribution in [0.15, 0.2) is 12.1 Å². The van der Waals surface area contributed by atoms with Crippen molar-refractivity contribution in [2.24, 2.45) is 5.92 Å². The van der Waals surface area contributed by atoms with E-state index in [1.165, 1.54) is 6.42 Å². The average Bonchev–Trinajstić information content (AvgIpc) is 2.45. The zero-order valence-electron chi connectivity index (χ0n) is 11.4.